The van der Waals surface area contributed by atoms with Crippen LogP contribution in [-0.4, -0.2) is 31.3 Å². The molecule has 0 aromatic heterocycles. The fourth-order valence-corrected chi connectivity index (χ4v) is 1.72. The van der Waals surface area contributed by atoms with Crippen LogP contribution < -0.4 is 0 Å². The van der Waals surface area contributed by atoms with Crippen molar-refractivity contribution in [3.8, 4) is 28.7 Å². The summed E-state index contributed by atoms with van der Waals surface area (Å²) in [7, 11) is 0. The van der Waals surface area contributed by atoms with E-state index in [1.165, 1.54) is 0 Å². The fraction of sp³-hybridized carbons (Fsp3) is 0. The number of phenolic OH excluding ortho intramolecular Hbond substituents is 5. The molecule has 0 fully saturated rings. The van der Waals surface area contributed by atoms with Crippen LogP contribution in [0.25, 0.3) is 6.08 Å². The predicted octanol–water partition coefficient (Wildman–Crippen LogP) is 2.11. The number of allylic oxidation sites excluding steroid dienone is 1. The minimum absolute atomic E-state index is 0.382. The van der Waals surface area contributed by atoms with Gasteiger partial charge in [0.1, 0.15) is 0 Å². The number of carbonyl (C=O) groups excluding carboxylic acids is 1. The van der Waals surface area contributed by atoms with E-state index in [4.69, 9.17) is 0 Å². The summed E-state index contributed by atoms with van der Waals surface area (Å²) in [5, 5.41) is 47.3. The van der Waals surface area contributed by atoms with Crippen molar-refractivity contribution in [3.63, 3.8) is 0 Å². The van der Waals surface area contributed by atoms with Gasteiger partial charge in [0.2, 0.25) is 17.2 Å². The zero-order valence-corrected chi connectivity index (χ0v) is 10.7. The maximum Gasteiger partial charge on any atom is 0.208 e. The Labute approximate surface area is 119 Å². The van der Waals surface area contributed by atoms with E-state index in [-0.39, 0.29) is 5.56 Å². The number of rotatable bonds is 3. The quantitative estimate of drug-likeness (QED) is 0.255. The van der Waals surface area contributed by atoms with Crippen molar-refractivity contribution in [2.24, 2.45) is 0 Å². The number of ketones is 1. The second-order valence-corrected chi connectivity index (χ2v) is 4.22. The molecule has 2 aromatic rings. The summed E-state index contributed by atoms with van der Waals surface area (Å²) in [6.07, 6.45) is 2.08. The number of hydrogen-bond donors (Lipinski definition) is 5. The van der Waals surface area contributed by atoms with Gasteiger partial charge in [-0.1, -0.05) is 30.3 Å². The first-order valence-electron chi connectivity index (χ1n) is 5.89. The van der Waals surface area contributed by atoms with Gasteiger partial charge < -0.3 is 25.5 Å². The molecule has 0 saturated carbocycles. The summed E-state index contributed by atoms with van der Waals surface area (Å²) in [4.78, 5) is 11.9. The molecule has 0 aliphatic carbocycles. The summed E-state index contributed by atoms with van der Waals surface area (Å²) in [5.41, 5.74) is 0.00651. The zero-order chi connectivity index (χ0) is 15.6. The molecule has 6 nitrogen and oxygen atoms in total. The van der Waals surface area contributed by atoms with Crippen molar-refractivity contribution < 1.29 is 30.3 Å². The predicted molar refractivity (Wildman–Crippen MR) is 74.6 cm³/mol. The molecule has 0 saturated heterocycles. The monoisotopic (exact) mass is 288 g/mol. The number of carbonyl (C=O) groups is 1. The third-order valence-corrected chi connectivity index (χ3v) is 2.87. The Morgan fingerprint density at radius 1 is 0.762 bits per heavy atom. The van der Waals surface area contributed by atoms with Crippen molar-refractivity contribution in [1.29, 1.82) is 0 Å². The van der Waals surface area contributed by atoms with Gasteiger partial charge in [-0.25, -0.2) is 0 Å². The molecule has 21 heavy (non-hydrogen) atoms. The zero-order valence-electron chi connectivity index (χ0n) is 10.7. The molecular weight excluding hydrogens is 276 g/mol. The summed E-state index contributed by atoms with van der Waals surface area (Å²) in [6.45, 7) is 0. The standard InChI is InChI=1S/C15H12O6/c16-10(8-4-2-1-3-5-8)7-6-9-11(17)13(19)15(21)14(20)12(9)18/h1-7,17-21H/b7-6+. The van der Waals surface area contributed by atoms with E-state index in [2.05, 4.69) is 0 Å². The Balaban J connectivity index is 2.41. The van der Waals surface area contributed by atoms with Crippen molar-refractivity contribution in [3.05, 3.63) is 47.5 Å². The van der Waals surface area contributed by atoms with Crippen molar-refractivity contribution in [2.45, 2.75) is 0 Å². The molecule has 0 bridgehead atoms. The van der Waals surface area contributed by atoms with E-state index in [1.54, 1.807) is 30.3 Å². The summed E-state index contributed by atoms with van der Waals surface area (Å²) in [6, 6.07) is 8.26. The number of phenols is 5. The largest absolute Gasteiger partial charge is 0.504 e. The van der Waals surface area contributed by atoms with E-state index in [0.29, 0.717) is 5.56 Å². The second kappa shape index (κ2) is 5.46. The average molecular weight is 288 g/mol. The third-order valence-electron chi connectivity index (χ3n) is 2.87. The number of hydrogen-bond acceptors (Lipinski definition) is 6. The van der Waals surface area contributed by atoms with Crippen molar-refractivity contribution >= 4 is 11.9 Å². The lowest BCUT2D eigenvalue weighted by Crippen LogP contribution is -1.93. The van der Waals surface area contributed by atoms with Crippen molar-refractivity contribution in [2.75, 3.05) is 0 Å². The first-order valence-corrected chi connectivity index (χ1v) is 5.89. The molecule has 0 aliphatic rings. The Morgan fingerprint density at radius 3 is 1.76 bits per heavy atom. The van der Waals surface area contributed by atoms with Gasteiger partial charge in [0.25, 0.3) is 0 Å². The molecule has 0 unspecified atom stereocenters. The van der Waals surface area contributed by atoms with E-state index in [1.807, 2.05) is 0 Å². The van der Waals surface area contributed by atoms with Crippen LogP contribution in [0.5, 0.6) is 28.7 Å². The highest BCUT2D eigenvalue weighted by Gasteiger charge is 2.21. The second-order valence-electron chi connectivity index (χ2n) is 4.22. The van der Waals surface area contributed by atoms with Crippen LogP contribution in [0.1, 0.15) is 15.9 Å². The maximum atomic E-state index is 11.9. The van der Waals surface area contributed by atoms with Gasteiger partial charge in [-0.3, -0.25) is 4.79 Å². The van der Waals surface area contributed by atoms with Crippen LogP contribution in [0.3, 0.4) is 0 Å². The average Bonchev–Trinajstić information content (AvgIpc) is 2.51. The van der Waals surface area contributed by atoms with E-state index >= 15 is 0 Å². The fourth-order valence-electron chi connectivity index (χ4n) is 1.72. The van der Waals surface area contributed by atoms with Gasteiger partial charge in [0.15, 0.2) is 17.3 Å². The summed E-state index contributed by atoms with van der Waals surface area (Å²) in [5.74, 6) is -5.12. The molecule has 0 radical (unpaired) electrons. The lowest BCUT2D eigenvalue weighted by atomic mass is 10.1. The Bertz CT molecular complexity index is 690. The number of benzene rings is 2. The van der Waals surface area contributed by atoms with Crippen LogP contribution >= 0.6 is 0 Å². The first kappa shape index (κ1) is 14.3. The van der Waals surface area contributed by atoms with Crippen LogP contribution in [0.15, 0.2) is 36.4 Å². The molecule has 2 rings (SSSR count). The van der Waals surface area contributed by atoms with E-state index in [9.17, 15) is 30.3 Å². The first-order chi connectivity index (χ1) is 9.93. The number of aromatic hydroxyl groups is 5. The van der Waals surface area contributed by atoms with Crippen LogP contribution in [0.2, 0.25) is 0 Å². The topological polar surface area (TPSA) is 118 Å². The van der Waals surface area contributed by atoms with Gasteiger partial charge in [0.05, 0.1) is 5.56 Å². The molecule has 108 valence electrons. The highest BCUT2D eigenvalue weighted by molar-refractivity contribution is 6.07. The normalized spacial score (nSPS) is 10.9. The molecule has 2 aromatic carbocycles. The third kappa shape index (κ3) is 2.59. The van der Waals surface area contributed by atoms with Gasteiger partial charge in [0, 0.05) is 5.56 Å². The SMILES string of the molecule is O=C(/C=C/c1c(O)c(O)c(O)c(O)c1O)c1ccccc1. The molecule has 0 aliphatic heterocycles. The van der Waals surface area contributed by atoms with Crippen LogP contribution in [0.4, 0.5) is 0 Å². The molecule has 0 heterocycles. The van der Waals surface area contributed by atoms with Crippen molar-refractivity contribution in [1.82, 2.24) is 0 Å². The Morgan fingerprint density at radius 2 is 1.24 bits per heavy atom. The lowest BCUT2D eigenvalue weighted by molar-refractivity contribution is 0.104. The summed E-state index contributed by atoms with van der Waals surface area (Å²) < 4.78 is 0. The highest BCUT2D eigenvalue weighted by atomic mass is 16.4. The van der Waals surface area contributed by atoms with Gasteiger partial charge in [-0.15, -0.1) is 0 Å². The minimum atomic E-state index is -1.04. The summed E-state index contributed by atoms with van der Waals surface area (Å²) >= 11 is 0. The lowest BCUT2D eigenvalue weighted by Gasteiger charge is -2.09. The van der Waals surface area contributed by atoms with Gasteiger partial charge in [-0.05, 0) is 12.2 Å². The van der Waals surface area contributed by atoms with Gasteiger partial charge in [-0.2, -0.15) is 0 Å². The highest BCUT2D eigenvalue weighted by Crippen LogP contribution is 2.51. The Kier molecular flexibility index (Phi) is 3.71. The minimum Gasteiger partial charge on any atom is -0.504 e. The molecule has 6 heteroatoms. The molecule has 5 N–H and O–H groups in total. The molecule has 0 atom stereocenters. The van der Waals surface area contributed by atoms with E-state index in [0.717, 1.165) is 12.2 Å². The van der Waals surface area contributed by atoms with Crippen LogP contribution in [0, 0.1) is 0 Å². The van der Waals surface area contributed by atoms with Gasteiger partial charge >= 0.3 is 0 Å². The van der Waals surface area contributed by atoms with Crippen LogP contribution in [-0.2, 0) is 0 Å². The molecule has 0 spiro atoms. The Hall–Kier alpha value is -3.15. The molecule has 0 amide bonds. The van der Waals surface area contributed by atoms with E-state index < -0.39 is 34.5 Å². The maximum absolute atomic E-state index is 11.9. The smallest absolute Gasteiger partial charge is 0.208 e. The molecular formula is C15H12O6.